The molecule has 2 aliphatic rings. The standard InChI is InChI=1S/C19H23N3O2/c1-21-12-17(18(20-21)16-8-10-24-13-16)19(23)22-9-4-7-14-5-2-3-6-15(14)11-22/h2-3,5-6,12,16H,4,7-11,13H2,1H3. The maximum Gasteiger partial charge on any atom is 0.257 e. The molecule has 1 atom stereocenters. The van der Waals surface area contributed by atoms with E-state index >= 15 is 0 Å². The summed E-state index contributed by atoms with van der Waals surface area (Å²) >= 11 is 0. The molecule has 1 aromatic heterocycles. The first-order valence-corrected chi connectivity index (χ1v) is 8.69. The monoisotopic (exact) mass is 325 g/mol. The zero-order valence-corrected chi connectivity index (χ0v) is 14.1. The van der Waals surface area contributed by atoms with Gasteiger partial charge in [0.2, 0.25) is 0 Å². The van der Waals surface area contributed by atoms with E-state index in [1.54, 1.807) is 4.68 Å². The van der Waals surface area contributed by atoms with Crippen LogP contribution in [-0.2, 0) is 24.8 Å². The van der Waals surface area contributed by atoms with Crippen molar-refractivity contribution in [2.75, 3.05) is 19.8 Å². The fraction of sp³-hybridized carbons (Fsp3) is 0.474. The van der Waals surface area contributed by atoms with Crippen molar-refractivity contribution in [1.82, 2.24) is 14.7 Å². The van der Waals surface area contributed by atoms with Gasteiger partial charge in [0.15, 0.2) is 0 Å². The van der Waals surface area contributed by atoms with Crippen LogP contribution in [0.3, 0.4) is 0 Å². The second-order valence-corrected chi connectivity index (χ2v) is 6.76. The topological polar surface area (TPSA) is 47.4 Å². The number of fused-ring (bicyclic) bond motifs is 1. The maximum atomic E-state index is 13.2. The minimum absolute atomic E-state index is 0.0988. The number of ether oxygens (including phenoxy) is 1. The van der Waals surface area contributed by atoms with Crippen LogP contribution in [0.1, 0.15) is 45.9 Å². The summed E-state index contributed by atoms with van der Waals surface area (Å²) in [7, 11) is 1.88. The largest absolute Gasteiger partial charge is 0.381 e. The van der Waals surface area contributed by atoms with Crippen LogP contribution in [0.2, 0.25) is 0 Å². The van der Waals surface area contributed by atoms with Crippen molar-refractivity contribution in [1.29, 1.82) is 0 Å². The van der Waals surface area contributed by atoms with Crippen LogP contribution in [-0.4, -0.2) is 40.3 Å². The van der Waals surface area contributed by atoms with Crippen LogP contribution in [0.15, 0.2) is 30.5 Å². The molecule has 3 heterocycles. The third-order valence-electron chi connectivity index (χ3n) is 5.05. The molecule has 2 aromatic rings. The highest BCUT2D eigenvalue weighted by molar-refractivity contribution is 5.95. The third-order valence-corrected chi connectivity index (χ3v) is 5.05. The molecule has 1 amide bonds. The zero-order valence-electron chi connectivity index (χ0n) is 14.1. The maximum absolute atomic E-state index is 13.2. The Morgan fingerprint density at radius 2 is 2.12 bits per heavy atom. The van der Waals surface area contributed by atoms with Crippen LogP contribution in [0.25, 0.3) is 0 Å². The molecule has 24 heavy (non-hydrogen) atoms. The summed E-state index contributed by atoms with van der Waals surface area (Å²) in [5, 5.41) is 4.57. The Kier molecular flexibility index (Phi) is 4.10. The first kappa shape index (κ1) is 15.4. The van der Waals surface area contributed by atoms with Crippen LogP contribution >= 0.6 is 0 Å². The molecule has 2 aliphatic heterocycles. The van der Waals surface area contributed by atoms with E-state index < -0.39 is 0 Å². The van der Waals surface area contributed by atoms with E-state index in [9.17, 15) is 4.79 Å². The van der Waals surface area contributed by atoms with Crippen LogP contribution in [0.5, 0.6) is 0 Å². The fourth-order valence-corrected chi connectivity index (χ4v) is 3.77. The number of nitrogens with zero attached hydrogens (tertiary/aromatic N) is 3. The first-order chi connectivity index (χ1) is 11.7. The normalized spacial score (nSPS) is 20.7. The zero-order chi connectivity index (χ0) is 16.5. The molecule has 1 saturated heterocycles. The van der Waals surface area contributed by atoms with Crippen molar-refractivity contribution >= 4 is 5.91 Å². The van der Waals surface area contributed by atoms with Gasteiger partial charge in [-0.05, 0) is 30.4 Å². The lowest BCUT2D eigenvalue weighted by Crippen LogP contribution is -2.31. The molecule has 5 nitrogen and oxygen atoms in total. The predicted octanol–water partition coefficient (Wildman–Crippen LogP) is 2.51. The Bertz CT molecular complexity index is 747. The number of aromatic nitrogens is 2. The van der Waals surface area contributed by atoms with Gasteiger partial charge in [-0.3, -0.25) is 9.48 Å². The summed E-state index contributed by atoms with van der Waals surface area (Å²) in [6.07, 6.45) is 4.86. The quantitative estimate of drug-likeness (QED) is 0.852. The van der Waals surface area contributed by atoms with Crippen molar-refractivity contribution in [3.63, 3.8) is 0 Å². The smallest absolute Gasteiger partial charge is 0.257 e. The number of rotatable bonds is 2. The first-order valence-electron chi connectivity index (χ1n) is 8.69. The van der Waals surface area contributed by atoms with Crippen LogP contribution in [0.4, 0.5) is 0 Å². The van der Waals surface area contributed by atoms with Crippen molar-refractivity contribution in [2.45, 2.75) is 31.7 Å². The molecule has 4 rings (SSSR count). The average molecular weight is 325 g/mol. The van der Waals surface area contributed by atoms with Crippen molar-refractivity contribution in [3.05, 3.63) is 52.8 Å². The van der Waals surface area contributed by atoms with E-state index in [0.717, 1.165) is 43.7 Å². The SMILES string of the molecule is Cn1cc(C(=O)N2CCCc3ccccc3C2)c(C2CCOC2)n1. The van der Waals surface area contributed by atoms with E-state index in [1.807, 2.05) is 18.1 Å². The molecule has 0 bridgehead atoms. The fourth-order valence-electron chi connectivity index (χ4n) is 3.77. The molecule has 0 radical (unpaired) electrons. The summed E-state index contributed by atoms with van der Waals surface area (Å²) in [6.45, 7) is 2.90. The van der Waals surface area contributed by atoms with Crippen molar-refractivity contribution in [3.8, 4) is 0 Å². The predicted molar refractivity (Wildman–Crippen MR) is 90.9 cm³/mol. The minimum Gasteiger partial charge on any atom is -0.381 e. The second-order valence-electron chi connectivity index (χ2n) is 6.76. The molecule has 0 spiro atoms. The lowest BCUT2D eigenvalue weighted by molar-refractivity contribution is 0.0744. The van der Waals surface area contributed by atoms with Gasteiger partial charge in [-0.1, -0.05) is 24.3 Å². The van der Waals surface area contributed by atoms with E-state index in [-0.39, 0.29) is 11.8 Å². The Morgan fingerprint density at radius 3 is 2.92 bits per heavy atom. The van der Waals surface area contributed by atoms with Gasteiger partial charge in [-0.2, -0.15) is 5.10 Å². The van der Waals surface area contributed by atoms with Crippen molar-refractivity contribution < 1.29 is 9.53 Å². The Hall–Kier alpha value is -2.14. The van der Waals surface area contributed by atoms with Gasteiger partial charge < -0.3 is 9.64 Å². The average Bonchev–Trinajstić information content (AvgIpc) is 3.18. The second kappa shape index (κ2) is 6.40. The van der Waals surface area contributed by atoms with Gasteiger partial charge >= 0.3 is 0 Å². The van der Waals surface area contributed by atoms with Crippen molar-refractivity contribution in [2.24, 2.45) is 7.05 Å². The third kappa shape index (κ3) is 2.84. The lowest BCUT2D eigenvalue weighted by atomic mass is 10.0. The molecular weight excluding hydrogens is 302 g/mol. The number of hydrogen-bond donors (Lipinski definition) is 0. The molecular formula is C19H23N3O2. The van der Waals surface area contributed by atoms with Gasteiger partial charge in [0.05, 0.1) is 17.9 Å². The molecule has 126 valence electrons. The van der Waals surface area contributed by atoms with Gasteiger partial charge in [0.25, 0.3) is 5.91 Å². The molecule has 0 saturated carbocycles. The molecule has 0 N–H and O–H groups in total. The number of carbonyl (C=O) groups is 1. The molecule has 0 aliphatic carbocycles. The number of aryl methyl sites for hydroxylation is 2. The number of amides is 1. The number of carbonyl (C=O) groups excluding carboxylic acids is 1. The number of hydrogen-bond acceptors (Lipinski definition) is 3. The van der Waals surface area contributed by atoms with E-state index in [4.69, 9.17) is 4.74 Å². The summed E-state index contributed by atoms with van der Waals surface area (Å²) in [5.74, 6) is 0.339. The molecule has 1 aromatic carbocycles. The van der Waals surface area contributed by atoms with Gasteiger partial charge in [0, 0.05) is 38.9 Å². The van der Waals surface area contributed by atoms with Crippen LogP contribution < -0.4 is 0 Å². The van der Waals surface area contributed by atoms with E-state index in [0.29, 0.717) is 13.2 Å². The van der Waals surface area contributed by atoms with E-state index in [2.05, 4.69) is 29.4 Å². The summed E-state index contributed by atoms with van der Waals surface area (Å²) < 4.78 is 7.25. The van der Waals surface area contributed by atoms with Gasteiger partial charge in [-0.15, -0.1) is 0 Å². The highest BCUT2D eigenvalue weighted by Gasteiger charge is 2.29. The lowest BCUT2D eigenvalue weighted by Gasteiger charge is -2.21. The number of benzene rings is 1. The minimum atomic E-state index is 0.0988. The highest BCUT2D eigenvalue weighted by atomic mass is 16.5. The molecule has 1 fully saturated rings. The summed E-state index contributed by atoms with van der Waals surface area (Å²) in [6, 6.07) is 8.44. The van der Waals surface area contributed by atoms with E-state index in [1.165, 1.54) is 11.1 Å². The Labute approximate surface area is 142 Å². The Balaban J connectivity index is 1.62. The summed E-state index contributed by atoms with van der Waals surface area (Å²) in [4.78, 5) is 15.2. The van der Waals surface area contributed by atoms with Gasteiger partial charge in [-0.25, -0.2) is 0 Å². The van der Waals surface area contributed by atoms with Gasteiger partial charge in [0.1, 0.15) is 0 Å². The Morgan fingerprint density at radius 1 is 1.29 bits per heavy atom. The molecule has 5 heteroatoms. The molecule has 1 unspecified atom stereocenters. The highest BCUT2D eigenvalue weighted by Crippen LogP contribution is 2.28. The summed E-state index contributed by atoms with van der Waals surface area (Å²) in [5.41, 5.74) is 4.27. The van der Waals surface area contributed by atoms with Crippen LogP contribution in [0, 0.1) is 0 Å².